The van der Waals surface area contributed by atoms with Crippen LogP contribution in [0, 0.1) is 12.7 Å². The van der Waals surface area contributed by atoms with Crippen LogP contribution in [0.15, 0.2) is 6.20 Å². The number of rotatable bonds is 7. The van der Waals surface area contributed by atoms with Crippen molar-refractivity contribution in [3.63, 3.8) is 0 Å². The molecule has 17 heavy (non-hydrogen) atoms. The standard InChI is InChI=1S/C15H26FN/c1-5-7-8-10-15(4,9-6-2)14-12(3)13(16)11-17-14/h11,17H,5-10H2,1-4H3. The van der Waals surface area contributed by atoms with E-state index in [-0.39, 0.29) is 11.2 Å². The normalized spacial score (nSPS) is 14.9. The summed E-state index contributed by atoms with van der Waals surface area (Å²) in [4.78, 5) is 3.15. The first kappa shape index (κ1) is 14.3. The van der Waals surface area contributed by atoms with E-state index in [2.05, 4.69) is 25.8 Å². The minimum absolute atomic E-state index is 0.0992. The van der Waals surface area contributed by atoms with Gasteiger partial charge in [-0.05, 0) is 19.8 Å². The lowest BCUT2D eigenvalue weighted by molar-refractivity contribution is 0.368. The molecule has 0 saturated heterocycles. The highest BCUT2D eigenvalue weighted by atomic mass is 19.1. The Morgan fingerprint density at radius 2 is 1.88 bits per heavy atom. The first-order chi connectivity index (χ1) is 8.05. The van der Waals surface area contributed by atoms with Crippen molar-refractivity contribution in [2.45, 2.75) is 71.6 Å². The van der Waals surface area contributed by atoms with Gasteiger partial charge in [0.2, 0.25) is 0 Å². The van der Waals surface area contributed by atoms with Crippen molar-refractivity contribution < 1.29 is 4.39 Å². The quantitative estimate of drug-likeness (QED) is 0.637. The molecule has 1 unspecified atom stereocenters. The van der Waals surface area contributed by atoms with E-state index < -0.39 is 0 Å². The van der Waals surface area contributed by atoms with Crippen molar-refractivity contribution in [1.29, 1.82) is 0 Å². The fraction of sp³-hybridized carbons (Fsp3) is 0.733. The van der Waals surface area contributed by atoms with Crippen LogP contribution in [0.2, 0.25) is 0 Å². The van der Waals surface area contributed by atoms with Crippen LogP contribution in [0.25, 0.3) is 0 Å². The summed E-state index contributed by atoms with van der Waals surface area (Å²) in [5.74, 6) is -0.0992. The summed E-state index contributed by atoms with van der Waals surface area (Å²) < 4.78 is 13.5. The maximum Gasteiger partial charge on any atom is 0.143 e. The van der Waals surface area contributed by atoms with Crippen molar-refractivity contribution in [2.24, 2.45) is 0 Å². The highest BCUT2D eigenvalue weighted by Gasteiger charge is 2.29. The molecular weight excluding hydrogens is 213 g/mol. The Labute approximate surface area is 105 Å². The molecule has 0 aliphatic carbocycles. The van der Waals surface area contributed by atoms with Crippen molar-refractivity contribution in [2.75, 3.05) is 0 Å². The highest BCUT2D eigenvalue weighted by Crippen LogP contribution is 2.36. The number of aromatic amines is 1. The second-order valence-corrected chi connectivity index (χ2v) is 5.40. The molecule has 1 rings (SSSR count). The molecule has 0 radical (unpaired) electrons. The molecule has 1 aromatic rings. The molecule has 0 aliphatic heterocycles. The van der Waals surface area contributed by atoms with Gasteiger partial charge in [-0.1, -0.05) is 46.5 Å². The van der Waals surface area contributed by atoms with Crippen LogP contribution in [-0.2, 0) is 5.41 Å². The first-order valence-electron chi connectivity index (χ1n) is 6.89. The number of aromatic nitrogens is 1. The van der Waals surface area contributed by atoms with Crippen molar-refractivity contribution >= 4 is 0 Å². The van der Waals surface area contributed by atoms with Crippen LogP contribution in [-0.4, -0.2) is 4.98 Å². The van der Waals surface area contributed by atoms with Gasteiger partial charge >= 0.3 is 0 Å². The lowest BCUT2D eigenvalue weighted by atomic mass is 9.76. The lowest BCUT2D eigenvalue weighted by Gasteiger charge is -2.29. The van der Waals surface area contributed by atoms with Gasteiger partial charge in [0.25, 0.3) is 0 Å². The predicted octanol–water partition coefficient (Wildman–Crippen LogP) is 5.10. The molecule has 2 heteroatoms. The zero-order valence-corrected chi connectivity index (χ0v) is 11.7. The van der Waals surface area contributed by atoms with Gasteiger partial charge in [-0.25, -0.2) is 4.39 Å². The van der Waals surface area contributed by atoms with Crippen LogP contribution >= 0.6 is 0 Å². The molecule has 1 heterocycles. The maximum atomic E-state index is 13.5. The molecule has 0 aliphatic rings. The molecule has 0 bridgehead atoms. The van der Waals surface area contributed by atoms with Crippen LogP contribution in [0.4, 0.5) is 4.39 Å². The monoisotopic (exact) mass is 239 g/mol. The average Bonchev–Trinajstić information content (AvgIpc) is 2.61. The summed E-state index contributed by atoms with van der Waals surface area (Å²) >= 11 is 0. The number of nitrogens with one attached hydrogen (secondary N) is 1. The van der Waals surface area contributed by atoms with E-state index in [9.17, 15) is 4.39 Å². The Hall–Kier alpha value is -0.790. The minimum Gasteiger partial charge on any atom is -0.362 e. The zero-order chi connectivity index (χ0) is 12.9. The second kappa shape index (κ2) is 6.23. The van der Waals surface area contributed by atoms with E-state index in [4.69, 9.17) is 0 Å². The molecule has 1 N–H and O–H groups in total. The maximum absolute atomic E-state index is 13.5. The van der Waals surface area contributed by atoms with Crippen LogP contribution in [0.1, 0.15) is 70.6 Å². The molecule has 1 nitrogen and oxygen atoms in total. The van der Waals surface area contributed by atoms with E-state index in [1.54, 1.807) is 0 Å². The third-order valence-electron chi connectivity index (χ3n) is 3.81. The Kier molecular flexibility index (Phi) is 5.23. The Bertz CT molecular complexity index is 343. The fourth-order valence-corrected chi connectivity index (χ4v) is 2.79. The van der Waals surface area contributed by atoms with Crippen LogP contribution in [0.5, 0.6) is 0 Å². The SMILES string of the molecule is CCCCCC(C)(CCC)c1[nH]cc(F)c1C. The Morgan fingerprint density at radius 1 is 1.18 bits per heavy atom. The summed E-state index contributed by atoms with van der Waals surface area (Å²) in [5, 5.41) is 0. The van der Waals surface area contributed by atoms with E-state index in [1.165, 1.54) is 25.5 Å². The third kappa shape index (κ3) is 3.34. The number of hydrogen-bond donors (Lipinski definition) is 1. The van der Waals surface area contributed by atoms with Crippen molar-refractivity contribution in [1.82, 2.24) is 4.98 Å². The third-order valence-corrected chi connectivity index (χ3v) is 3.81. The topological polar surface area (TPSA) is 15.8 Å². The number of hydrogen-bond acceptors (Lipinski definition) is 0. The van der Waals surface area contributed by atoms with Gasteiger partial charge in [0.05, 0.1) is 0 Å². The molecule has 0 amide bonds. The molecule has 0 fully saturated rings. The number of unbranched alkanes of at least 4 members (excludes halogenated alkanes) is 2. The summed E-state index contributed by atoms with van der Waals surface area (Å²) in [7, 11) is 0. The smallest absolute Gasteiger partial charge is 0.143 e. The minimum atomic E-state index is -0.0992. The van der Waals surface area contributed by atoms with Gasteiger partial charge in [0.1, 0.15) is 5.82 Å². The largest absolute Gasteiger partial charge is 0.362 e. The van der Waals surface area contributed by atoms with Crippen molar-refractivity contribution in [3.8, 4) is 0 Å². The van der Waals surface area contributed by atoms with E-state index in [1.807, 2.05) is 6.92 Å². The number of halogens is 1. The lowest BCUT2D eigenvalue weighted by Crippen LogP contribution is -2.23. The molecule has 1 aromatic heterocycles. The van der Waals surface area contributed by atoms with Crippen molar-refractivity contribution in [3.05, 3.63) is 23.3 Å². The summed E-state index contributed by atoms with van der Waals surface area (Å²) in [5.41, 5.74) is 2.02. The van der Waals surface area contributed by atoms with E-state index in [0.717, 1.165) is 30.5 Å². The molecular formula is C15H26FN. The number of H-pyrrole nitrogens is 1. The Balaban J connectivity index is 2.86. The fourth-order valence-electron chi connectivity index (χ4n) is 2.79. The molecule has 98 valence electrons. The van der Waals surface area contributed by atoms with Crippen LogP contribution in [0.3, 0.4) is 0 Å². The molecule has 0 aromatic carbocycles. The van der Waals surface area contributed by atoms with Gasteiger partial charge < -0.3 is 4.98 Å². The van der Waals surface area contributed by atoms with Gasteiger partial charge in [-0.2, -0.15) is 0 Å². The predicted molar refractivity (Wildman–Crippen MR) is 71.9 cm³/mol. The zero-order valence-electron chi connectivity index (χ0n) is 11.7. The average molecular weight is 239 g/mol. The Morgan fingerprint density at radius 3 is 2.35 bits per heavy atom. The van der Waals surface area contributed by atoms with Gasteiger partial charge in [0, 0.05) is 22.9 Å². The van der Waals surface area contributed by atoms with Gasteiger partial charge in [-0.3, -0.25) is 0 Å². The van der Waals surface area contributed by atoms with Crippen LogP contribution < -0.4 is 0 Å². The van der Waals surface area contributed by atoms with E-state index >= 15 is 0 Å². The summed E-state index contributed by atoms with van der Waals surface area (Å²) in [6.07, 6.45) is 8.64. The first-order valence-corrected chi connectivity index (χ1v) is 6.89. The molecule has 0 saturated carbocycles. The molecule has 0 spiro atoms. The van der Waals surface area contributed by atoms with E-state index in [0.29, 0.717) is 0 Å². The second-order valence-electron chi connectivity index (χ2n) is 5.40. The summed E-state index contributed by atoms with van der Waals surface area (Å²) in [6.45, 7) is 8.57. The van der Waals surface area contributed by atoms with Gasteiger partial charge in [0.15, 0.2) is 0 Å². The summed E-state index contributed by atoms with van der Waals surface area (Å²) in [6, 6.07) is 0. The highest BCUT2D eigenvalue weighted by molar-refractivity contribution is 5.28. The molecule has 1 atom stereocenters. The van der Waals surface area contributed by atoms with Gasteiger partial charge in [-0.15, -0.1) is 0 Å².